The zero-order chi connectivity index (χ0) is 20.5. The Kier molecular flexibility index (Phi) is 5.11. The van der Waals surface area contributed by atoms with E-state index in [4.69, 9.17) is 5.73 Å². The van der Waals surface area contributed by atoms with E-state index >= 15 is 0 Å². The van der Waals surface area contributed by atoms with E-state index in [0.29, 0.717) is 5.69 Å². The lowest BCUT2D eigenvalue weighted by molar-refractivity contribution is 0.0997. The topological polar surface area (TPSA) is 74.5 Å². The van der Waals surface area contributed by atoms with Crippen molar-refractivity contribution in [1.29, 1.82) is 0 Å². The van der Waals surface area contributed by atoms with Gasteiger partial charge in [0.2, 0.25) is 0 Å². The van der Waals surface area contributed by atoms with E-state index in [2.05, 4.69) is 53.1 Å². The summed E-state index contributed by atoms with van der Waals surface area (Å²) in [5.41, 5.74) is 11.9. The number of aryl methyl sites for hydroxylation is 2. The summed E-state index contributed by atoms with van der Waals surface area (Å²) in [6.45, 7) is 8.49. The van der Waals surface area contributed by atoms with Gasteiger partial charge in [0.05, 0.1) is 11.2 Å². The van der Waals surface area contributed by atoms with Gasteiger partial charge >= 0.3 is 0 Å². The van der Waals surface area contributed by atoms with Crippen LogP contribution in [-0.2, 0) is 0 Å². The van der Waals surface area contributed by atoms with Crippen LogP contribution in [0.25, 0.3) is 10.9 Å². The predicted molar refractivity (Wildman–Crippen MR) is 119 cm³/mol. The molecule has 6 nitrogen and oxygen atoms in total. The highest BCUT2D eigenvalue weighted by atomic mass is 16.1. The summed E-state index contributed by atoms with van der Waals surface area (Å²) in [7, 11) is 2.16. The molecule has 1 amide bonds. The monoisotopic (exact) mass is 389 g/mol. The van der Waals surface area contributed by atoms with Gasteiger partial charge in [-0.05, 0) is 56.3 Å². The number of carbonyl (C=O) groups excluding carboxylic acids is 1. The second-order valence-corrected chi connectivity index (χ2v) is 7.82. The molecule has 0 unspecified atom stereocenters. The lowest BCUT2D eigenvalue weighted by Gasteiger charge is -2.36. The zero-order valence-electron chi connectivity index (χ0n) is 17.2. The van der Waals surface area contributed by atoms with Crippen LogP contribution in [0.2, 0.25) is 0 Å². The number of hydrogen-bond acceptors (Lipinski definition) is 5. The van der Waals surface area contributed by atoms with E-state index in [1.807, 2.05) is 30.3 Å². The Labute approximate surface area is 171 Å². The molecule has 0 aliphatic carbocycles. The van der Waals surface area contributed by atoms with Crippen LogP contribution >= 0.6 is 0 Å². The molecule has 0 saturated carbocycles. The Morgan fingerprint density at radius 2 is 1.69 bits per heavy atom. The van der Waals surface area contributed by atoms with Crippen LogP contribution in [0.3, 0.4) is 0 Å². The van der Waals surface area contributed by atoms with Gasteiger partial charge in [-0.2, -0.15) is 0 Å². The number of primary amides is 1. The van der Waals surface area contributed by atoms with Gasteiger partial charge in [-0.3, -0.25) is 4.79 Å². The maximum Gasteiger partial charge on any atom is 0.269 e. The fraction of sp³-hybridized carbons (Fsp3) is 0.304. The van der Waals surface area contributed by atoms with Crippen molar-refractivity contribution in [2.24, 2.45) is 5.73 Å². The molecule has 1 fully saturated rings. The Balaban J connectivity index is 1.68. The molecule has 2 heterocycles. The minimum atomic E-state index is -0.541. The highest BCUT2D eigenvalue weighted by molar-refractivity contribution is 6.00. The van der Waals surface area contributed by atoms with Gasteiger partial charge in [0, 0.05) is 42.9 Å². The van der Waals surface area contributed by atoms with E-state index in [1.165, 1.54) is 16.8 Å². The summed E-state index contributed by atoms with van der Waals surface area (Å²) < 4.78 is 0. The summed E-state index contributed by atoms with van der Waals surface area (Å²) in [5, 5.41) is 4.34. The number of carbonyl (C=O) groups is 1. The molecular weight excluding hydrogens is 362 g/mol. The van der Waals surface area contributed by atoms with Crippen molar-refractivity contribution in [1.82, 2.24) is 9.88 Å². The van der Waals surface area contributed by atoms with Crippen molar-refractivity contribution in [2.75, 3.05) is 43.4 Å². The van der Waals surface area contributed by atoms with Gasteiger partial charge in [0.25, 0.3) is 5.91 Å². The molecule has 3 N–H and O–H groups in total. The highest BCUT2D eigenvalue weighted by Gasteiger charge is 2.19. The standard InChI is InChI=1S/C23H27N5O/c1-15-12-18(13-16(2)22(15)28-10-8-27(3)9-11-28)25-20-14-17-6-4-5-7-19(17)26-21(20)23(24)29/h4-7,12-14,25H,8-11H2,1-3H3,(H2,24,29). The van der Waals surface area contributed by atoms with Crippen molar-refractivity contribution in [2.45, 2.75) is 13.8 Å². The molecule has 1 aliphatic rings. The molecule has 6 heteroatoms. The van der Waals surface area contributed by atoms with E-state index in [-0.39, 0.29) is 5.69 Å². The fourth-order valence-electron chi connectivity index (χ4n) is 4.11. The van der Waals surface area contributed by atoms with Crippen LogP contribution < -0.4 is 16.0 Å². The third-order valence-corrected chi connectivity index (χ3v) is 5.55. The van der Waals surface area contributed by atoms with Gasteiger partial charge in [-0.25, -0.2) is 4.98 Å². The highest BCUT2D eigenvalue weighted by Crippen LogP contribution is 2.32. The molecule has 3 aromatic rings. The lowest BCUT2D eigenvalue weighted by atomic mass is 10.0. The number of hydrogen-bond donors (Lipinski definition) is 2. The van der Waals surface area contributed by atoms with E-state index in [0.717, 1.165) is 42.8 Å². The second-order valence-electron chi connectivity index (χ2n) is 7.82. The van der Waals surface area contributed by atoms with Crippen LogP contribution in [-0.4, -0.2) is 49.0 Å². The molecule has 0 radical (unpaired) electrons. The first kappa shape index (κ1) is 19.2. The first-order valence-corrected chi connectivity index (χ1v) is 9.94. The number of likely N-dealkylation sites (N-methyl/N-ethyl adjacent to an activating group) is 1. The Morgan fingerprint density at radius 1 is 1.03 bits per heavy atom. The number of piperazine rings is 1. The van der Waals surface area contributed by atoms with Gasteiger partial charge in [-0.15, -0.1) is 0 Å². The predicted octanol–water partition coefficient (Wildman–Crippen LogP) is 3.45. The number of nitrogens with zero attached hydrogens (tertiary/aromatic N) is 3. The zero-order valence-corrected chi connectivity index (χ0v) is 17.2. The fourth-order valence-corrected chi connectivity index (χ4v) is 4.11. The van der Waals surface area contributed by atoms with Crippen molar-refractivity contribution >= 4 is 33.9 Å². The van der Waals surface area contributed by atoms with Gasteiger partial charge in [-0.1, -0.05) is 18.2 Å². The molecule has 0 spiro atoms. The molecule has 1 saturated heterocycles. The number of benzene rings is 2. The summed E-state index contributed by atoms with van der Waals surface area (Å²) in [6, 6.07) is 13.9. The minimum Gasteiger partial charge on any atom is -0.369 e. The van der Waals surface area contributed by atoms with E-state index < -0.39 is 5.91 Å². The normalized spacial score (nSPS) is 14.9. The number of anilines is 3. The van der Waals surface area contributed by atoms with Crippen LogP contribution in [0.1, 0.15) is 21.6 Å². The molecule has 4 rings (SSSR count). The first-order chi connectivity index (χ1) is 13.9. The van der Waals surface area contributed by atoms with E-state index in [9.17, 15) is 4.79 Å². The van der Waals surface area contributed by atoms with Crippen LogP contribution in [0.15, 0.2) is 42.5 Å². The van der Waals surface area contributed by atoms with Crippen molar-refractivity contribution in [3.63, 3.8) is 0 Å². The molecule has 2 aromatic carbocycles. The number of nitrogens with one attached hydrogen (secondary N) is 1. The number of nitrogens with two attached hydrogens (primary N) is 1. The smallest absolute Gasteiger partial charge is 0.269 e. The maximum atomic E-state index is 12.0. The molecular formula is C23H27N5O. The average Bonchev–Trinajstić information content (AvgIpc) is 2.68. The molecule has 29 heavy (non-hydrogen) atoms. The quantitative estimate of drug-likeness (QED) is 0.715. The largest absolute Gasteiger partial charge is 0.369 e. The molecule has 0 bridgehead atoms. The molecule has 1 aromatic heterocycles. The van der Waals surface area contributed by atoms with Crippen molar-refractivity contribution in [3.05, 3.63) is 59.3 Å². The Hall–Kier alpha value is -3.12. The van der Waals surface area contributed by atoms with Crippen LogP contribution in [0.4, 0.5) is 17.1 Å². The van der Waals surface area contributed by atoms with Crippen molar-refractivity contribution < 1.29 is 4.79 Å². The molecule has 0 atom stereocenters. The third kappa shape index (κ3) is 3.89. The second kappa shape index (κ2) is 7.72. The van der Waals surface area contributed by atoms with Crippen LogP contribution in [0.5, 0.6) is 0 Å². The minimum absolute atomic E-state index is 0.252. The van der Waals surface area contributed by atoms with Gasteiger partial charge in [0.15, 0.2) is 5.69 Å². The average molecular weight is 390 g/mol. The number of rotatable bonds is 4. The first-order valence-electron chi connectivity index (χ1n) is 9.94. The summed E-state index contributed by atoms with van der Waals surface area (Å²) in [5.74, 6) is -0.541. The maximum absolute atomic E-state index is 12.0. The number of fused-ring (bicyclic) bond motifs is 1. The van der Waals surface area contributed by atoms with Gasteiger partial charge in [0.1, 0.15) is 0 Å². The SMILES string of the molecule is Cc1cc(Nc2cc3ccccc3nc2C(N)=O)cc(C)c1N1CCN(C)CC1. The third-order valence-electron chi connectivity index (χ3n) is 5.55. The summed E-state index contributed by atoms with van der Waals surface area (Å²) in [6.07, 6.45) is 0. The summed E-state index contributed by atoms with van der Waals surface area (Å²) >= 11 is 0. The van der Waals surface area contributed by atoms with Gasteiger partial charge < -0.3 is 20.9 Å². The lowest BCUT2D eigenvalue weighted by Crippen LogP contribution is -2.45. The number of pyridine rings is 1. The Bertz CT molecular complexity index is 1050. The van der Waals surface area contributed by atoms with Crippen LogP contribution in [0, 0.1) is 13.8 Å². The van der Waals surface area contributed by atoms with E-state index in [1.54, 1.807) is 0 Å². The summed E-state index contributed by atoms with van der Waals surface area (Å²) in [4.78, 5) is 21.3. The van der Waals surface area contributed by atoms with Crippen molar-refractivity contribution in [3.8, 4) is 0 Å². The number of para-hydroxylation sites is 1. The number of amides is 1. The number of aromatic nitrogens is 1. The molecule has 150 valence electrons. The molecule has 1 aliphatic heterocycles. The Morgan fingerprint density at radius 3 is 2.34 bits per heavy atom.